The molecule has 1 heterocycles. The second-order valence-corrected chi connectivity index (χ2v) is 6.30. The van der Waals surface area contributed by atoms with Gasteiger partial charge in [-0.2, -0.15) is 5.10 Å². The molecule has 0 aliphatic heterocycles. The fourth-order valence-electron chi connectivity index (χ4n) is 1.87. The van der Waals surface area contributed by atoms with Crippen molar-refractivity contribution < 1.29 is 8.42 Å². The molecule has 0 amide bonds. The number of nitrogens with one attached hydrogen (secondary N) is 2. The molecule has 1 aromatic heterocycles. The Kier molecular flexibility index (Phi) is 5.35. The number of aryl methyl sites for hydroxylation is 1. The second-order valence-electron chi connectivity index (χ2n) is 4.62. The molecule has 0 aliphatic carbocycles. The molecule has 2 rings (SSSR count). The molecule has 0 atom stereocenters. The first-order valence-corrected chi connectivity index (χ1v) is 8.41. The van der Waals surface area contributed by atoms with Crippen LogP contribution in [0.2, 0.25) is 0 Å². The third kappa shape index (κ3) is 4.57. The van der Waals surface area contributed by atoms with E-state index in [1.54, 1.807) is 35.1 Å². The largest absolute Gasteiger partial charge is 0.317 e. The molecule has 0 bridgehead atoms. The zero-order valence-corrected chi connectivity index (χ0v) is 12.8. The number of nitrogens with zero attached hydrogens (tertiary/aromatic N) is 2. The Morgan fingerprint density at radius 2 is 2.00 bits per heavy atom. The van der Waals surface area contributed by atoms with E-state index in [2.05, 4.69) is 15.1 Å². The molecule has 0 aliphatic rings. The molecule has 114 valence electrons. The van der Waals surface area contributed by atoms with E-state index in [9.17, 15) is 8.42 Å². The van der Waals surface area contributed by atoms with Gasteiger partial charge in [-0.05, 0) is 31.6 Å². The molecule has 0 fully saturated rings. The summed E-state index contributed by atoms with van der Waals surface area (Å²) in [4.78, 5) is 0.176. The van der Waals surface area contributed by atoms with Crippen molar-refractivity contribution in [3.05, 3.63) is 42.7 Å². The molecular weight excluding hydrogens is 288 g/mol. The van der Waals surface area contributed by atoms with E-state index in [1.165, 1.54) is 6.20 Å². The zero-order chi connectivity index (χ0) is 15.1. The van der Waals surface area contributed by atoms with Crippen LogP contribution in [0, 0.1) is 0 Å². The van der Waals surface area contributed by atoms with Gasteiger partial charge in [0.2, 0.25) is 0 Å². The summed E-state index contributed by atoms with van der Waals surface area (Å²) in [5.41, 5.74) is 0.539. The van der Waals surface area contributed by atoms with Gasteiger partial charge in [0.25, 0.3) is 10.0 Å². The van der Waals surface area contributed by atoms with Crippen LogP contribution in [0.3, 0.4) is 0 Å². The normalized spacial score (nSPS) is 11.5. The van der Waals surface area contributed by atoms with Crippen LogP contribution in [0.1, 0.15) is 13.3 Å². The van der Waals surface area contributed by atoms with E-state index in [1.807, 2.05) is 13.0 Å². The molecule has 2 aromatic rings. The van der Waals surface area contributed by atoms with Gasteiger partial charge in [0.15, 0.2) is 0 Å². The lowest BCUT2D eigenvalue weighted by Crippen LogP contribution is -2.16. The highest BCUT2D eigenvalue weighted by Crippen LogP contribution is 2.14. The van der Waals surface area contributed by atoms with Gasteiger partial charge in [0.1, 0.15) is 4.90 Å². The fraction of sp³-hybridized carbons (Fsp3) is 0.357. The van der Waals surface area contributed by atoms with E-state index < -0.39 is 10.0 Å². The first-order chi connectivity index (χ1) is 10.1. The topological polar surface area (TPSA) is 76.0 Å². The number of hydrogen-bond acceptors (Lipinski definition) is 4. The van der Waals surface area contributed by atoms with Gasteiger partial charge in [0.05, 0.1) is 6.20 Å². The molecule has 7 heteroatoms. The van der Waals surface area contributed by atoms with Gasteiger partial charge in [-0.25, -0.2) is 8.42 Å². The predicted octanol–water partition coefficient (Wildman–Crippen LogP) is 1.68. The summed E-state index contributed by atoms with van der Waals surface area (Å²) < 4.78 is 28.6. The van der Waals surface area contributed by atoms with Gasteiger partial charge in [0, 0.05) is 18.4 Å². The lowest BCUT2D eigenvalue weighted by atomic mass is 10.3. The summed E-state index contributed by atoms with van der Waals surface area (Å²) in [5.74, 6) is 0. The summed E-state index contributed by atoms with van der Waals surface area (Å²) >= 11 is 0. The Balaban J connectivity index is 1.99. The Hall–Kier alpha value is -1.86. The number of hydrogen-bond donors (Lipinski definition) is 2. The van der Waals surface area contributed by atoms with Crippen LogP contribution in [0.4, 0.5) is 5.69 Å². The van der Waals surface area contributed by atoms with Crippen LogP contribution in [0.15, 0.2) is 47.6 Å². The minimum Gasteiger partial charge on any atom is -0.317 e. The summed E-state index contributed by atoms with van der Waals surface area (Å²) in [6.07, 6.45) is 3.83. The highest BCUT2D eigenvalue weighted by atomic mass is 32.2. The molecule has 2 N–H and O–H groups in total. The lowest BCUT2D eigenvalue weighted by Gasteiger charge is -2.05. The average molecular weight is 308 g/mol. The van der Waals surface area contributed by atoms with Crippen molar-refractivity contribution in [2.45, 2.75) is 24.8 Å². The fourth-order valence-corrected chi connectivity index (χ4v) is 2.88. The standard InChI is InChI=1S/C14H20N4O2S/c1-2-15-9-6-10-18-12-14(11-16-18)21(19,20)17-13-7-4-3-5-8-13/h3-5,7-8,11-12,15,17H,2,6,9-10H2,1H3. The smallest absolute Gasteiger partial charge is 0.265 e. The summed E-state index contributed by atoms with van der Waals surface area (Å²) in [6.45, 7) is 4.56. The van der Waals surface area contributed by atoms with Crippen molar-refractivity contribution in [3.8, 4) is 0 Å². The van der Waals surface area contributed by atoms with Gasteiger partial charge in [-0.3, -0.25) is 9.40 Å². The van der Waals surface area contributed by atoms with Crippen LogP contribution < -0.4 is 10.0 Å². The van der Waals surface area contributed by atoms with E-state index in [0.717, 1.165) is 19.5 Å². The average Bonchev–Trinajstić information content (AvgIpc) is 2.94. The number of aromatic nitrogens is 2. The van der Waals surface area contributed by atoms with Crippen molar-refractivity contribution in [1.29, 1.82) is 0 Å². The molecule has 0 radical (unpaired) electrons. The van der Waals surface area contributed by atoms with Crippen molar-refractivity contribution in [2.24, 2.45) is 0 Å². The van der Waals surface area contributed by atoms with E-state index >= 15 is 0 Å². The van der Waals surface area contributed by atoms with Crippen LogP contribution in [-0.2, 0) is 16.6 Å². The van der Waals surface area contributed by atoms with Crippen LogP contribution in [0.5, 0.6) is 0 Å². The van der Waals surface area contributed by atoms with E-state index in [0.29, 0.717) is 12.2 Å². The van der Waals surface area contributed by atoms with Crippen molar-refractivity contribution in [1.82, 2.24) is 15.1 Å². The predicted molar refractivity (Wildman–Crippen MR) is 82.6 cm³/mol. The number of rotatable bonds is 8. The highest BCUT2D eigenvalue weighted by molar-refractivity contribution is 7.92. The Morgan fingerprint density at radius 1 is 1.24 bits per heavy atom. The molecule has 21 heavy (non-hydrogen) atoms. The molecule has 6 nitrogen and oxygen atoms in total. The van der Waals surface area contributed by atoms with Gasteiger partial charge >= 0.3 is 0 Å². The summed E-state index contributed by atoms with van der Waals surface area (Å²) in [7, 11) is -3.58. The minimum absolute atomic E-state index is 0.176. The maximum absolute atomic E-state index is 12.2. The molecule has 0 saturated carbocycles. The van der Waals surface area contributed by atoms with Crippen molar-refractivity contribution in [2.75, 3.05) is 17.8 Å². The molecule has 0 unspecified atom stereocenters. The van der Waals surface area contributed by atoms with Crippen molar-refractivity contribution in [3.63, 3.8) is 0 Å². The number of anilines is 1. The van der Waals surface area contributed by atoms with Gasteiger partial charge < -0.3 is 5.32 Å². The molecule has 0 saturated heterocycles. The molecular formula is C14H20N4O2S. The molecule has 1 aromatic carbocycles. The van der Waals surface area contributed by atoms with Crippen LogP contribution >= 0.6 is 0 Å². The summed E-state index contributed by atoms with van der Waals surface area (Å²) in [5, 5.41) is 7.31. The lowest BCUT2D eigenvalue weighted by molar-refractivity contribution is 0.549. The second kappa shape index (κ2) is 7.24. The van der Waals surface area contributed by atoms with E-state index in [4.69, 9.17) is 0 Å². The van der Waals surface area contributed by atoms with Crippen LogP contribution in [0.25, 0.3) is 0 Å². The number of benzene rings is 1. The van der Waals surface area contributed by atoms with E-state index in [-0.39, 0.29) is 4.90 Å². The Morgan fingerprint density at radius 3 is 2.71 bits per heavy atom. The maximum atomic E-state index is 12.2. The van der Waals surface area contributed by atoms with Crippen LogP contribution in [-0.4, -0.2) is 31.3 Å². The first-order valence-electron chi connectivity index (χ1n) is 6.93. The zero-order valence-electron chi connectivity index (χ0n) is 12.0. The quantitative estimate of drug-likeness (QED) is 0.728. The maximum Gasteiger partial charge on any atom is 0.265 e. The highest BCUT2D eigenvalue weighted by Gasteiger charge is 2.16. The van der Waals surface area contributed by atoms with Crippen molar-refractivity contribution >= 4 is 15.7 Å². The Bertz CT molecular complexity index is 653. The SMILES string of the molecule is CCNCCCn1cc(S(=O)(=O)Nc2ccccc2)cn1. The Labute approximate surface area is 125 Å². The van der Waals surface area contributed by atoms with Gasteiger partial charge in [-0.1, -0.05) is 25.1 Å². The number of sulfonamides is 1. The number of para-hydroxylation sites is 1. The molecule has 0 spiro atoms. The monoisotopic (exact) mass is 308 g/mol. The van der Waals surface area contributed by atoms with Gasteiger partial charge in [-0.15, -0.1) is 0 Å². The minimum atomic E-state index is -3.58. The third-order valence-corrected chi connectivity index (χ3v) is 4.27. The third-order valence-electron chi connectivity index (χ3n) is 2.94. The summed E-state index contributed by atoms with van der Waals surface area (Å²) in [6, 6.07) is 8.81. The first kappa shape index (κ1) is 15.5.